The Kier molecular flexibility index (Phi) is 3.78. The monoisotopic (exact) mass is 287 g/mol. The quantitative estimate of drug-likeness (QED) is 0.869. The Morgan fingerprint density at radius 2 is 1.67 bits per heavy atom. The van der Waals surface area contributed by atoms with E-state index in [9.17, 15) is 4.79 Å². The number of benzene rings is 1. The van der Waals surface area contributed by atoms with Crippen LogP contribution in [0.5, 0.6) is 0 Å². The van der Waals surface area contributed by atoms with Gasteiger partial charge in [0.2, 0.25) is 0 Å². The number of nitrogens with one attached hydrogen (secondary N) is 1. The molecule has 2 bridgehead atoms. The molecule has 0 saturated heterocycles. The molecule has 2 aliphatic carbocycles. The lowest BCUT2D eigenvalue weighted by atomic mass is 9.92. The van der Waals surface area contributed by atoms with Crippen molar-refractivity contribution in [3.63, 3.8) is 0 Å². The third kappa shape index (κ3) is 2.71. The normalized spacial score (nSPS) is 27.9. The van der Waals surface area contributed by atoms with Crippen LogP contribution in [-0.2, 0) is 22.4 Å². The van der Waals surface area contributed by atoms with Gasteiger partial charge in [0.25, 0.3) is 0 Å². The van der Waals surface area contributed by atoms with Crippen LogP contribution in [0, 0.1) is 11.8 Å². The molecule has 0 spiro atoms. The van der Waals surface area contributed by atoms with Crippen LogP contribution in [0.1, 0.15) is 37.8 Å². The first-order valence-corrected chi connectivity index (χ1v) is 7.94. The summed E-state index contributed by atoms with van der Waals surface area (Å²) in [5, 5.41) is 3.61. The van der Waals surface area contributed by atoms with E-state index in [0.29, 0.717) is 17.9 Å². The van der Waals surface area contributed by atoms with E-state index in [1.807, 2.05) is 13.8 Å². The summed E-state index contributed by atoms with van der Waals surface area (Å²) in [5.41, 5.74) is 2.37. The lowest BCUT2D eigenvalue weighted by molar-refractivity contribution is -0.147. The zero-order chi connectivity index (χ0) is 15.0. The van der Waals surface area contributed by atoms with Gasteiger partial charge in [-0.05, 0) is 62.5 Å². The maximum atomic E-state index is 12.0. The van der Waals surface area contributed by atoms with Gasteiger partial charge in [-0.15, -0.1) is 0 Å². The Morgan fingerprint density at radius 1 is 1.14 bits per heavy atom. The van der Waals surface area contributed by atoms with Gasteiger partial charge in [-0.2, -0.15) is 0 Å². The van der Waals surface area contributed by atoms with E-state index in [0.717, 1.165) is 12.8 Å². The highest BCUT2D eigenvalue weighted by molar-refractivity contribution is 5.79. The second kappa shape index (κ2) is 5.45. The number of hydrogen-bond acceptors (Lipinski definition) is 3. The highest BCUT2D eigenvalue weighted by Gasteiger charge is 2.43. The standard InChI is InChI=1S/C18H25NO2/c1-18(2,17(20)21-3)19-16-14-8-9-15(16)11-13-7-5-4-6-12(13)10-14/h4-7,14-16,19H,8-11H2,1-3H3. The molecule has 1 aromatic rings. The molecule has 114 valence electrons. The molecule has 21 heavy (non-hydrogen) atoms. The summed E-state index contributed by atoms with van der Waals surface area (Å²) in [6.07, 6.45) is 4.77. The zero-order valence-corrected chi connectivity index (χ0v) is 13.2. The molecule has 0 radical (unpaired) electrons. The van der Waals surface area contributed by atoms with Crippen molar-refractivity contribution in [3.8, 4) is 0 Å². The Hall–Kier alpha value is -1.35. The molecule has 0 aliphatic heterocycles. The van der Waals surface area contributed by atoms with Crippen molar-refractivity contribution in [1.82, 2.24) is 5.32 Å². The number of carbonyl (C=O) groups excluding carboxylic acids is 1. The second-order valence-electron chi connectivity index (χ2n) is 7.06. The molecular formula is C18H25NO2. The summed E-state index contributed by atoms with van der Waals surface area (Å²) in [6.45, 7) is 3.85. The molecule has 1 saturated carbocycles. The van der Waals surface area contributed by atoms with E-state index in [-0.39, 0.29) is 5.97 Å². The van der Waals surface area contributed by atoms with Crippen LogP contribution in [0.4, 0.5) is 0 Å². The minimum atomic E-state index is -0.614. The van der Waals surface area contributed by atoms with Crippen molar-refractivity contribution in [1.29, 1.82) is 0 Å². The lowest BCUT2D eigenvalue weighted by Crippen LogP contribution is -2.55. The highest BCUT2D eigenvalue weighted by atomic mass is 16.5. The van der Waals surface area contributed by atoms with Crippen molar-refractivity contribution in [2.75, 3.05) is 7.11 Å². The lowest BCUT2D eigenvalue weighted by Gasteiger charge is -2.32. The van der Waals surface area contributed by atoms with E-state index in [2.05, 4.69) is 29.6 Å². The topological polar surface area (TPSA) is 38.3 Å². The van der Waals surface area contributed by atoms with Crippen molar-refractivity contribution < 1.29 is 9.53 Å². The Bertz CT molecular complexity index is 505. The van der Waals surface area contributed by atoms with E-state index in [1.165, 1.54) is 31.1 Å². The molecule has 3 heteroatoms. The van der Waals surface area contributed by atoms with Gasteiger partial charge in [-0.1, -0.05) is 24.3 Å². The molecule has 1 N–H and O–H groups in total. The summed E-state index contributed by atoms with van der Waals surface area (Å²) in [5.74, 6) is 1.08. The van der Waals surface area contributed by atoms with E-state index in [1.54, 1.807) is 0 Å². The van der Waals surface area contributed by atoms with Crippen LogP contribution in [0.2, 0.25) is 0 Å². The van der Waals surface area contributed by atoms with Gasteiger partial charge in [0, 0.05) is 6.04 Å². The number of rotatable bonds is 3. The first-order valence-electron chi connectivity index (χ1n) is 7.94. The maximum absolute atomic E-state index is 12.0. The molecule has 1 fully saturated rings. The van der Waals surface area contributed by atoms with Gasteiger partial charge in [0.15, 0.2) is 0 Å². The minimum absolute atomic E-state index is 0.177. The number of ether oxygens (including phenoxy) is 1. The van der Waals surface area contributed by atoms with Crippen molar-refractivity contribution in [2.45, 2.75) is 51.1 Å². The van der Waals surface area contributed by atoms with Crippen LogP contribution in [0.15, 0.2) is 24.3 Å². The van der Waals surface area contributed by atoms with Crippen LogP contribution in [-0.4, -0.2) is 24.7 Å². The second-order valence-corrected chi connectivity index (χ2v) is 7.06. The van der Waals surface area contributed by atoms with Crippen LogP contribution in [0.25, 0.3) is 0 Å². The van der Waals surface area contributed by atoms with Gasteiger partial charge in [-0.25, -0.2) is 0 Å². The van der Waals surface area contributed by atoms with Crippen molar-refractivity contribution in [2.24, 2.45) is 11.8 Å². The van der Waals surface area contributed by atoms with Crippen LogP contribution >= 0.6 is 0 Å². The molecule has 0 amide bonds. The first kappa shape index (κ1) is 14.6. The fourth-order valence-electron chi connectivity index (χ4n) is 4.12. The average molecular weight is 287 g/mol. The molecule has 2 unspecified atom stereocenters. The molecule has 0 aromatic heterocycles. The Balaban J connectivity index is 1.82. The summed E-state index contributed by atoms with van der Waals surface area (Å²) in [7, 11) is 1.46. The zero-order valence-electron chi connectivity index (χ0n) is 13.2. The molecule has 2 atom stereocenters. The third-order valence-electron chi connectivity index (χ3n) is 5.23. The molecular weight excluding hydrogens is 262 g/mol. The number of methoxy groups -OCH3 is 1. The molecule has 2 aliphatic rings. The van der Waals surface area contributed by atoms with E-state index in [4.69, 9.17) is 4.74 Å². The fraction of sp³-hybridized carbons (Fsp3) is 0.611. The number of carbonyl (C=O) groups is 1. The summed E-state index contributed by atoms with van der Waals surface area (Å²) < 4.78 is 4.94. The largest absolute Gasteiger partial charge is 0.468 e. The number of hydrogen-bond donors (Lipinski definition) is 1. The summed E-state index contributed by atoms with van der Waals surface area (Å²) >= 11 is 0. The molecule has 0 heterocycles. The minimum Gasteiger partial charge on any atom is -0.468 e. The molecule has 3 rings (SSSR count). The smallest absolute Gasteiger partial charge is 0.325 e. The summed E-state index contributed by atoms with van der Waals surface area (Å²) in [4.78, 5) is 12.0. The number of fused-ring (bicyclic) bond motifs is 3. The van der Waals surface area contributed by atoms with Gasteiger partial charge in [0.1, 0.15) is 5.54 Å². The van der Waals surface area contributed by atoms with E-state index < -0.39 is 5.54 Å². The van der Waals surface area contributed by atoms with Crippen molar-refractivity contribution in [3.05, 3.63) is 35.4 Å². The van der Waals surface area contributed by atoms with Crippen LogP contribution < -0.4 is 5.32 Å². The SMILES string of the molecule is COC(=O)C(C)(C)NC1C2CCC1Cc1ccccc1C2. The molecule has 3 nitrogen and oxygen atoms in total. The number of esters is 1. The van der Waals surface area contributed by atoms with E-state index >= 15 is 0 Å². The van der Waals surface area contributed by atoms with Crippen molar-refractivity contribution >= 4 is 5.97 Å². The van der Waals surface area contributed by atoms with Gasteiger partial charge in [-0.3, -0.25) is 10.1 Å². The first-order chi connectivity index (χ1) is 10.0. The maximum Gasteiger partial charge on any atom is 0.325 e. The van der Waals surface area contributed by atoms with Gasteiger partial charge >= 0.3 is 5.97 Å². The van der Waals surface area contributed by atoms with Gasteiger partial charge in [0.05, 0.1) is 7.11 Å². The van der Waals surface area contributed by atoms with Gasteiger partial charge < -0.3 is 4.74 Å². The fourth-order valence-corrected chi connectivity index (χ4v) is 4.12. The Morgan fingerprint density at radius 3 is 2.14 bits per heavy atom. The highest BCUT2D eigenvalue weighted by Crippen LogP contribution is 2.40. The predicted octanol–water partition coefficient (Wildman–Crippen LogP) is 2.72. The third-order valence-corrected chi connectivity index (χ3v) is 5.23. The molecule has 1 aromatic carbocycles. The van der Waals surface area contributed by atoms with Crippen LogP contribution in [0.3, 0.4) is 0 Å². The Labute approximate surface area is 127 Å². The summed E-state index contributed by atoms with van der Waals surface area (Å²) in [6, 6.07) is 9.21. The predicted molar refractivity (Wildman–Crippen MR) is 83.1 cm³/mol. The average Bonchev–Trinajstić information content (AvgIpc) is 2.72.